The van der Waals surface area contributed by atoms with Crippen LogP contribution in [-0.4, -0.2) is 62.0 Å². The molecule has 4 nitrogen and oxygen atoms in total. The number of amides is 1. The van der Waals surface area contributed by atoms with Gasteiger partial charge in [-0.05, 0) is 53.9 Å². The van der Waals surface area contributed by atoms with E-state index in [1.807, 2.05) is 4.90 Å². The summed E-state index contributed by atoms with van der Waals surface area (Å²) in [5.41, 5.74) is -0.165. The monoisotopic (exact) mass is 255 g/mol. The lowest BCUT2D eigenvalue weighted by Gasteiger charge is -2.40. The van der Waals surface area contributed by atoms with Crippen molar-refractivity contribution in [3.63, 3.8) is 0 Å². The summed E-state index contributed by atoms with van der Waals surface area (Å²) in [5.74, 6) is 0.334. The number of carbonyl (C=O) groups excluding carboxylic acids is 1. The minimum absolute atomic E-state index is 0.165. The molecule has 0 aliphatic carbocycles. The highest BCUT2D eigenvalue weighted by Crippen LogP contribution is 2.31. The van der Waals surface area contributed by atoms with E-state index >= 15 is 0 Å². The van der Waals surface area contributed by atoms with Crippen LogP contribution in [0.2, 0.25) is 0 Å². The summed E-state index contributed by atoms with van der Waals surface area (Å²) >= 11 is 0. The fourth-order valence-electron chi connectivity index (χ4n) is 2.82. The summed E-state index contributed by atoms with van der Waals surface area (Å²) < 4.78 is 0. The number of carbonyl (C=O) groups is 1. The molecule has 0 radical (unpaired) electrons. The first-order valence-electron chi connectivity index (χ1n) is 7.07. The van der Waals surface area contributed by atoms with Crippen molar-refractivity contribution in [1.29, 1.82) is 0 Å². The molecular weight excluding hydrogens is 226 g/mol. The molecule has 0 bridgehead atoms. The number of hydrogen-bond donors (Lipinski definition) is 1. The van der Waals surface area contributed by atoms with Crippen molar-refractivity contribution < 1.29 is 4.79 Å². The molecule has 1 amide bonds. The van der Waals surface area contributed by atoms with Gasteiger partial charge >= 0.3 is 0 Å². The summed E-state index contributed by atoms with van der Waals surface area (Å²) in [4.78, 5) is 16.9. The Hall–Kier alpha value is -0.610. The molecule has 1 aliphatic heterocycles. The van der Waals surface area contributed by atoms with E-state index in [2.05, 4.69) is 45.1 Å². The number of nitrogens with one attached hydrogen (secondary N) is 1. The number of piperidine rings is 1. The molecule has 1 rings (SSSR count). The molecule has 0 spiro atoms. The molecule has 106 valence electrons. The Morgan fingerprint density at radius 2 is 1.89 bits per heavy atom. The summed E-state index contributed by atoms with van der Waals surface area (Å²) in [6, 6.07) is 0.282. The second-order valence-corrected chi connectivity index (χ2v) is 6.01. The van der Waals surface area contributed by atoms with E-state index in [9.17, 15) is 4.79 Å². The second-order valence-electron chi connectivity index (χ2n) is 6.01. The van der Waals surface area contributed by atoms with Crippen molar-refractivity contribution >= 4 is 5.91 Å². The van der Waals surface area contributed by atoms with E-state index in [4.69, 9.17) is 0 Å². The van der Waals surface area contributed by atoms with Gasteiger partial charge in [-0.25, -0.2) is 0 Å². The topological polar surface area (TPSA) is 35.6 Å². The smallest absolute Gasteiger partial charge is 0.228 e. The molecule has 1 N–H and O–H groups in total. The number of nitrogens with zero attached hydrogens (tertiary/aromatic N) is 2. The summed E-state index contributed by atoms with van der Waals surface area (Å²) in [6.07, 6.45) is 1.91. The molecule has 1 atom stereocenters. The largest absolute Gasteiger partial charge is 0.339 e. The molecule has 0 aromatic carbocycles. The fraction of sp³-hybridized carbons (Fsp3) is 0.929. The molecule has 1 saturated heterocycles. The second kappa shape index (κ2) is 6.53. The Bertz CT molecular complexity index is 272. The van der Waals surface area contributed by atoms with E-state index in [-0.39, 0.29) is 11.5 Å². The van der Waals surface area contributed by atoms with Crippen molar-refractivity contribution in [3.8, 4) is 0 Å². The van der Waals surface area contributed by atoms with Crippen LogP contribution in [0.4, 0.5) is 0 Å². The summed E-state index contributed by atoms with van der Waals surface area (Å²) in [7, 11) is 4.11. The first-order valence-corrected chi connectivity index (χ1v) is 7.07. The summed E-state index contributed by atoms with van der Waals surface area (Å²) in [6.45, 7) is 10.00. The van der Waals surface area contributed by atoms with Gasteiger partial charge in [0.2, 0.25) is 5.91 Å². The molecule has 1 aliphatic rings. The molecule has 1 heterocycles. The van der Waals surface area contributed by atoms with Crippen molar-refractivity contribution in [2.45, 2.75) is 39.7 Å². The molecule has 4 heteroatoms. The quantitative estimate of drug-likeness (QED) is 0.801. The SMILES string of the molecule is CCN(C(=O)C1(C)CCNCC1)C(C)CN(C)C. The van der Waals surface area contributed by atoms with Crippen LogP contribution in [0.1, 0.15) is 33.6 Å². The lowest BCUT2D eigenvalue weighted by molar-refractivity contribution is -0.145. The summed E-state index contributed by atoms with van der Waals surface area (Å²) in [5, 5.41) is 3.33. The zero-order valence-corrected chi connectivity index (χ0v) is 12.6. The van der Waals surface area contributed by atoms with Crippen molar-refractivity contribution in [3.05, 3.63) is 0 Å². The van der Waals surface area contributed by atoms with Gasteiger partial charge in [0.25, 0.3) is 0 Å². The van der Waals surface area contributed by atoms with Gasteiger partial charge in [-0.2, -0.15) is 0 Å². The Balaban J connectivity index is 2.71. The van der Waals surface area contributed by atoms with Crippen LogP contribution in [0.5, 0.6) is 0 Å². The van der Waals surface area contributed by atoms with Gasteiger partial charge in [-0.3, -0.25) is 4.79 Å². The first-order chi connectivity index (χ1) is 8.40. The normalized spacial score (nSPS) is 20.8. The number of hydrogen-bond acceptors (Lipinski definition) is 3. The Kier molecular flexibility index (Phi) is 5.60. The molecule has 1 unspecified atom stereocenters. The molecule has 0 saturated carbocycles. The minimum atomic E-state index is -0.165. The van der Waals surface area contributed by atoms with E-state index < -0.39 is 0 Å². The predicted molar refractivity (Wildman–Crippen MR) is 75.6 cm³/mol. The zero-order chi connectivity index (χ0) is 13.8. The van der Waals surface area contributed by atoms with Gasteiger partial charge in [0, 0.05) is 24.5 Å². The maximum Gasteiger partial charge on any atom is 0.228 e. The molecule has 18 heavy (non-hydrogen) atoms. The van der Waals surface area contributed by atoms with Gasteiger partial charge in [0.05, 0.1) is 0 Å². The van der Waals surface area contributed by atoms with E-state index in [0.717, 1.165) is 39.0 Å². The molecule has 0 aromatic heterocycles. The van der Waals surface area contributed by atoms with Crippen LogP contribution in [0.3, 0.4) is 0 Å². The third-order valence-electron chi connectivity index (χ3n) is 3.99. The fourth-order valence-corrected chi connectivity index (χ4v) is 2.82. The predicted octanol–water partition coefficient (Wildman–Crippen LogP) is 1.17. The van der Waals surface area contributed by atoms with E-state index in [1.165, 1.54) is 0 Å². The highest BCUT2D eigenvalue weighted by Gasteiger charge is 2.38. The van der Waals surface area contributed by atoms with Crippen molar-refractivity contribution in [2.75, 3.05) is 40.3 Å². The Morgan fingerprint density at radius 3 is 2.33 bits per heavy atom. The van der Waals surface area contributed by atoms with Crippen LogP contribution in [0.15, 0.2) is 0 Å². The third kappa shape index (κ3) is 3.69. The van der Waals surface area contributed by atoms with Crippen molar-refractivity contribution in [2.24, 2.45) is 5.41 Å². The van der Waals surface area contributed by atoms with Gasteiger partial charge < -0.3 is 15.1 Å². The molecule has 1 fully saturated rings. The Labute approximate surface area is 112 Å². The lowest BCUT2D eigenvalue weighted by atomic mass is 9.79. The first kappa shape index (κ1) is 15.4. The van der Waals surface area contributed by atoms with Crippen LogP contribution >= 0.6 is 0 Å². The maximum absolute atomic E-state index is 12.8. The van der Waals surface area contributed by atoms with Gasteiger partial charge in [-0.1, -0.05) is 6.92 Å². The highest BCUT2D eigenvalue weighted by molar-refractivity contribution is 5.82. The zero-order valence-electron chi connectivity index (χ0n) is 12.6. The van der Waals surface area contributed by atoms with Gasteiger partial charge in [0.1, 0.15) is 0 Å². The van der Waals surface area contributed by atoms with Crippen LogP contribution in [-0.2, 0) is 4.79 Å². The van der Waals surface area contributed by atoms with Crippen LogP contribution in [0, 0.1) is 5.41 Å². The van der Waals surface area contributed by atoms with Gasteiger partial charge in [0.15, 0.2) is 0 Å². The highest BCUT2D eigenvalue weighted by atomic mass is 16.2. The maximum atomic E-state index is 12.8. The molecular formula is C14H29N3O. The standard InChI is InChI=1S/C14H29N3O/c1-6-17(12(2)11-16(4)5)13(18)14(3)7-9-15-10-8-14/h12,15H,6-11H2,1-5H3. The van der Waals surface area contributed by atoms with Crippen LogP contribution < -0.4 is 5.32 Å². The lowest BCUT2D eigenvalue weighted by Crippen LogP contribution is -2.52. The van der Waals surface area contributed by atoms with Gasteiger partial charge in [-0.15, -0.1) is 0 Å². The molecule has 0 aromatic rings. The Morgan fingerprint density at radius 1 is 1.33 bits per heavy atom. The van der Waals surface area contributed by atoms with Crippen LogP contribution in [0.25, 0.3) is 0 Å². The average Bonchev–Trinajstić information content (AvgIpc) is 2.29. The van der Waals surface area contributed by atoms with Crippen molar-refractivity contribution in [1.82, 2.24) is 15.1 Å². The average molecular weight is 255 g/mol. The number of likely N-dealkylation sites (N-methyl/N-ethyl adjacent to an activating group) is 2. The minimum Gasteiger partial charge on any atom is -0.339 e. The number of rotatable bonds is 5. The third-order valence-corrected chi connectivity index (χ3v) is 3.99. The van der Waals surface area contributed by atoms with E-state index in [1.54, 1.807) is 0 Å². The van der Waals surface area contributed by atoms with E-state index in [0.29, 0.717) is 5.91 Å².